The van der Waals surface area contributed by atoms with E-state index in [1.54, 1.807) is 72.5 Å². The molecule has 1 aliphatic carbocycles. The lowest BCUT2D eigenvalue weighted by atomic mass is 9.94. The number of aliphatic carboxylic acids is 1. The molecule has 0 saturated heterocycles. The van der Waals surface area contributed by atoms with Gasteiger partial charge in [-0.2, -0.15) is 5.10 Å². The maximum atomic E-state index is 14.9. The largest absolute Gasteiger partial charge is 0.481 e. The molecule has 1 unspecified atom stereocenters. The van der Waals surface area contributed by atoms with Crippen molar-refractivity contribution in [3.8, 4) is 16.9 Å². The van der Waals surface area contributed by atoms with Gasteiger partial charge < -0.3 is 15.2 Å². The number of nitrogens with one attached hydrogen (secondary N) is 1. The maximum Gasteiger partial charge on any atom is 0.408 e. The summed E-state index contributed by atoms with van der Waals surface area (Å²) in [4.78, 5) is 28.3. The highest BCUT2D eigenvalue weighted by molar-refractivity contribution is 6.31. The number of pyridine rings is 1. The molecule has 1 fully saturated rings. The summed E-state index contributed by atoms with van der Waals surface area (Å²) in [7, 11) is 0. The van der Waals surface area contributed by atoms with Gasteiger partial charge in [0.25, 0.3) is 0 Å². The number of amides is 1. The highest BCUT2D eigenvalue weighted by atomic mass is 35.5. The summed E-state index contributed by atoms with van der Waals surface area (Å²) in [6.07, 6.45) is 3.03. The minimum Gasteiger partial charge on any atom is -0.481 e. The molecule has 0 aliphatic heterocycles. The fraction of sp³-hybridized carbons (Fsp3) is 0.214. The van der Waals surface area contributed by atoms with Crippen molar-refractivity contribution >= 4 is 23.7 Å². The highest BCUT2D eigenvalue weighted by Gasteiger charge is 2.51. The minimum atomic E-state index is -0.972. The van der Waals surface area contributed by atoms with Crippen LogP contribution in [0.2, 0.25) is 5.02 Å². The van der Waals surface area contributed by atoms with Crippen LogP contribution in [-0.2, 0) is 21.5 Å². The third-order valence-corrected chi connectivity index (χ3v) is 7.06. The molecule has 1 saturated carbocycles. The van der Waals surface area contributed by atoms with Gasteiger partial charge >= 0.3 is 12.1 Å². The molecule has 5 rings (SSSR count). The van der Waals surface area contributed by atoms with Crippen LogP contribution in [0.1, 0.15) is 42.7 Å². The number of rotatable bonds is 8. The first-order valence-corrected chi connectivity index (χ1v) is 12.4. The number of alkyl carbamates (subject to hydrolysis) is 1. The monoisotopic (exact) mass is 534 g/mol. The molecule has 2 aromatic carbocycles. The average Bonchev–Trinajstić information content (AvgIpc) is 3.60. The number of carbonyl (C=O) groups excluding carboxylic acids is 1. The van der Waals surface area contributed by atoms with Crippen molar-refractivity contribution < 1.29 is 23.8 Å². The number of nitrogens with zero attached hydrogens (tertiary/aromatic N) is 3. The van der Waals surface area contributed by atoms with E-state index in [2.05, 4.69) is 15.4 Å². The van der Waals surface area contributed by atoms with Crippen LogP contribution in [0.25, 0.3) is 16.9 Å². The maximum absolute atomic E-state index is 14.9. The number of ether oxygens (including phenoxy) is 1. The van der Waals surface area contributed by atoms with E-state index in [4.69, 9.17) is 16.3 Å². The number of benzene rings is 2. The zero-order chi connectivity index (χ0) is 26.9. The lowest BCUT2D eigenvalue weighted by molar-refractivity contribution is -0.140. The van der Waals surface area contributed by atoms with Crippen molar-refractivity contribution in [2.45, 2.75) is 37.8 Å². The molecule has 0 radical (unpaired) electrons. The Morgan fingerprint density at radius 2 is 1.97 bits per heavy atom. The summed E-state index contributed by atoms with van der Waals surface area (Å²) in [6.45, 7) is 1.89. The zero-order valence-corrected chi connectivity index (χ0v) is 21.2. The molecule has 0 spiro atoms. The summed E-state index contributed by atoms with van der Waals surface area (Å²) in [5.41, 5.74) is 2.19. The molecular weight excluding hydrogens is 511 g/mol. The molecule has 2 heterocycles. The van der Waals surface area contributed by atoms with E-state index in [0.29, 0.717) is 46.1 Å². The number of aromatic nitrogens is 3. The lowest BCUT2D eigenvalue weighted by Crippen LogP contribution is -2.26. The molecule has 10 heteroatoms. The minimum absolute atomic E-state index is 0.150. The number of halogens is 2. The molecule has 8 nitrogen and oxygen atoms in total. The van der Waals surface area contributed by atoms with Crippen molar-refractivity contribution in [1.82, 2.24) is 20.1 Å². The first-order valence-electron chi connectivity index (χ1n) is 12.0. The summed E-state index contributed by atoms with van der Waals surface area (Å²) in [5, 5.41) is 17.0. The molecule has 1 atom stereocenters. The van der Waals surface area contributed by atoms with Crippen molar-refractivity contribution in [1.29, 1.82) is 0 Å². The van der Waals surface area contributed by atoms with Gasteiger partial charge in [0.2, 0.25) is 0 Å². The SMILES string of the molecule is CC(OC(=O)NCc1ccnn1-c1ccc(-c2ccc(C3(C(=O)O)CC3)cc2F)nc1)c1ccccc1Cl. The van der Waals surface area contributed by atoms with Crippen molar-refractivity contribution in [2.24, 2.45) is 0 Å². The van der Waals surface area contributed by atoms with E-state index < -0.39 is 29.4 Å². The van der Waals surface area contributed by atoms with Gasteiger partial charge in [0.05, 0.1) is 35.2 Å². The third kappa shape index (κ3) is 4.97. The van der Waals surface area contributed by atoms with Crippen molar-refractivity contribution in [3.05, 3.63) is 101 Å². The van der Waals surface area contributed by atoms with Gasteiger partial charge in [0, 0.05) is 22.3 Å². The standard InChI is InChI=1S/C28H24ClFN4O4/c1-17(21-4-2-3-5-23(21)29)38-27(37)32-16-20-10-13-33-34(20)19-7-9-25(31-15-19)22-8-6-18(14-24(22)30)28(11-12-28)26(35)36/h2-10,13-15,17H,11-12,16H2,1H3,(H,32,37)(H,35,36). The Bertz CT molecular complexity index is 1500. The Morgan fingerprint density at radius 1 is 1.18 bits per heavy atom. The van der Waals surface area contributed by atoms with Gasteiger partial charge in [-0.3, -0.25) is 9.78 Å². The summed E-state index contributed by atoms with van der Waals surface area (Å²) >= 11 is 6.18. The van der Waals surface area contributed by atoms with Crippen LogP contribution in [0.3, 0.4) is 0 Å². The first-order chi connectivity index (χ1) is 18.3. The lowest BCUT2D eigenvalue weighted by Gasteiger charge is -2.16. The highest BCUT2D eigenvalue weighted by Crippen LogP contribution is 2.49. The Hall–Kier alpha value is -4.24. The average molecular weight is 535 g/mol. The van der Waals surface area contributed by atoms with Crippen molar-refractivity contribution in [3.63, 3.8) is 0 Å². The summed E-state index contributed by atoms with van der Waals surface area (Å²) in [6, 6.07) is 16.8. The van der Waals surface area contributed by atoms with Crippen LogP contribution < -0.4 is 5.32 Å². The van der Waals surface area contributed by atoms with Gasteiger partial charge in [-0.05, 0) is 61.7 Å². The summed E-state index contributed by atoms with van der Waals surface area (Å²) < 4.78 is 21.9. The van der Waals surface area contributed by atoms with Crippen LogP contribution >= 0.6 is 11.6 Å². The third-order valence-electron chi connectivity index (χ3n) is 6.71. The predicted molar refractivity (Wildman–Crippen MR) is 138 cm³/mol. The van der Waals surface area contributed by atoms with E-state index >= 15 is 0 Å². The molecule has 1 aliphatic rings. The van der Waals surface area contributed by atoms with E-state index in [0.717, 1.165) is 0 Å². The molecule has 4 aromatic rings. The van der Waals surface area contributed by atoms with Crippen LogP contribution in [0.15, 0.2) is 73.1 Å². The molecule has 2 aromatic heterocycles. The van der Waals surface area contributed by atoms with Crippen molar-refractivity contribution in [2.75, 3.05) is 0 Å². The van der Waals surface area contributed by atoms with Gasteiger partial charge in [-0.1, -0.05) is 35.9 Å². The van der Waals surface area contributed by atoms with Crippen LogP contribution in [-0.4, -0.2) is 31.9 Å². The molecule has 0 bridgehead atoms. The fourth-order valence-electron chi connectivity index (χ4n) is 4.37. The Morgan fingerprint density at radius 3 is 2.63 bits per heavy atom. The number of hydrogen-bond acceptors (Lipinski definition) is 5. The van der Waals surface area contributed by atoms with Gasteiger partial charge in [-0.15, -0.1) is 0 Å². The van der Waals surface area contributed by atoms with Gasteiger partial charge in [-0.25, -0.2) is 13.9 Å². The first kappa shape index (κ1) is 25.4. The molecule has 38 heavy (non-hydrogen) atoms. The number of carboxylic acids is 1. The summed E-state index contributed by atoms with van der Waals surface area (Å²) in [5.74, 6) is -1.45. The van der Waals surface area contributed by atoms with Gasteiger partial charge in [0.15, 0.2) is 0 Å². The normalized spacial score (nSPS) is 14.5. The quantitative estimate of drug-likeness (QED) is 0.294. The second-order valence-electron chi connectivity index (χ2n) is 9.14. The van der Waals surface area contributed by atoms with Crippen LogP contribution in [0.5, 0.6) is 0 Å². The fourth-order valence-corrected chi connectivity index (χ4v) is 4.66. The molecule has 2 N–H and O–H groups in total. The number of carboxylic acid groups (broad SMARTS) is 1. The predicted octanol–water partition coefficient (Wildman–Crippen LogP) is 5.83. The van der Waals surface area contributed by atoms with E-state index in [1.165, 1.54) is 6.07 Å². The topological polar surface area (TPSA) is 106 Å². The van der Waals surface area contributed by atoms with E-state index in [1.807, 2.05) is 6.07 Å². The Labute approximate surface area is 223 Å². The molecule has 1 amide bonds. The number of hydrogen-bond donors (Lipinski definition) is 2. The molecular formula is C28H24ClFN4O4. The van der Waals surface area contributed by atoms with E-state index in [-0.39, 0.29) is 12.1 Å². The number of carbonyl (C=O) groups is 2. The zero-order valence-electron chi connectivity index (χ0n) is 20.4. The molecule has 194 valence electrons. The van der Waals surface area contributed by atoms with E-state index in [9.17, 15) is 19.1 Å². The second kappa shape index (κ2) is 10.3. The Balaban J connectivity index is 1.25. The smallest absolute Gasteiger partial charge is 0.408 e. The second-order valence-corrected chi connectivity index (χ2v) is 9.55. The Kier molecular flexibility index (Phi) is 6.86. The van der Waals surface area contributed by atoms with Gasteiger partial charge in [0.1, 0.15) is 11.9 Å². The van der Waals surface area contributed by atoms with Crippen LogP contribution in [0.4, 0.5) is 9.18 Å². The van der Waals surface area contributed by atoms with Crippen LogP contribution in [0, 0.1) is 5.82 Å².